The third-order valence-corrected chi connectivity index (χ3v) is 5.87. The first-order valence-corrected chi connectivity index (χ1v) is 10.6. The lowest BCUT2D eigenvalue weighted by Crippen LogP contribution is -2.30. The highest BCUT2D eigenvalue weighted by atomic mass is 32.1. The molecule has 1 saturated heterocycles. The molecule has 0 radical (unpaired) electrons. The highest BCUT2D eigenvalue weighted by Crippen LogP contribution is 2.23. The van der Waals surface area contributed by atoms with Crippen LogP contribution in [0, 0.1) is 0 Å². The summed E-state index contributed by atoms with van der Waals surface area (Å²) in [5.74, 6) is 0.584. The van der Waals surface area contributed by atoms with Crippen LogP contribution in [0.4, 0.5) is 11.5 Å². The van der Waals surface area contributed by atoms with Gasteiger partial charge in [-0.25, -0.2) is 15.0 Å². The summed E-state index contributed by atoms with van der Waals surface area (Å²) in [5.41, 5.74) is 3.02. The van der Waals surface area contributed by atoms with E-state index in [4.69, 9.17) is 0 Å². The van der Waals surface area contributed by atoms with Crippen LogP contribution >= 0.6 is 11.3 Å². The number of hydrogen-bond donors (Lipinski definition) is 1. The topological polar surface area (TPSA) is 75.4 Å². The Balaban J connectivity index is 1.30. The van der Waals surface area contributed by atoms with Gasteiger partial charge in [0, 0.05) is 48.2 Å². The molecule has 0 aliphatic carbocycles. The maximum absolute atomic E-state index is 12.7. The molecule has 5 rings (SSSR count). The third-order valence-electron chi connectivity index (χ3n) is 5.10. The molecule has 4 aromatic rings. The van der Waals surface area contributed by atoms with Crippen molar-refractivity contribution in [3.05, 3.63) is 60.1 Å². The van der Waals surface area contributed by atoms with Crippen molar-refractivity contribution >= 4 is 33.7 Å². The molecule has 1 aliphatic heterocycles. The van der Waals surface area contributed by atoms with Gasteiger partial charge in [0.25, 0.3) is 5.91 Å². The normalized spacial score (nSPS) is 14.3. The molecule has 3 aromatic heterocycles. The Morgan fingerprint density at radius 1 is 1.07 bits per heavy atom. The number of fused-ring (bicyclic) bond motifs is 1. The first-order chi connectivity index (χ1) is 14.3. The molecule has 0 saturated carbocycles. The predicted molar refractivity (Wildman–Crippen MR) is 115 cm³/mol. The zero-order valence-corrected chi connectivity index (χ0v) is 16.6. The van der Waals surface area contributed by atoms with Crippen LogP contribution in [-0.4, -0.2) is 38.3 Å². The molecule has 29 heavy (non-hydrogen) atoms. The van der Waals surface area contributed by atoms with Crippen LogP contribution in [-0.2, 0) is 0 Å². The van der Waals surface area contributed by atoms with Gasteiger partial charge in [0.15, 0.2) is 4.96 Å². The lowest BCUT2D eigenvalue weighted by molar-refractivity contribution is 0.102. The maximum atomic E-state index is 12.7. The lowest BCUT2D eigenvalue weighted by Gasteiger charge is -2.27. The van der Waals surface area contributed by atoms with Gasteiger partial charge in [0.05, 0.1) is 5.69 Å². The Bertz CT molecular complexity index is 1110. The SMILES string of the molecule is O=C(Nc1ccc(-c2cn3ccsc3n2)cc1)c1cc(N2CCCCC2)ncn1. The average molecular weight is 404 g/mol. The molecule has 8 heteroatoms. The Labute approximate surface area is 172 Å². The number of imidazole rings is 1. The van der Waals surface area contributed by atoms with Crippen molar-refractivity contribution in [3.8, 4) is 11.3 Å². The molecule has 146 valence electrons. The Morgan fingerprint density at radius 2 is 1.90 bits per heavy atom. The zero-order chi connectivity index (χ0) is 19.6. The van der Waals surface area contributed by atoms with Crippen molar-refractivity contribution in [1.29, 1.82) is 0 Å². The molecular formula is C21H20N6OS. The molecular weight excluding hydrogens is 384 g/mol. The number of hydrogen-bond acceptors (Lipinski definition) is 6. The number of amides is 1. The van der Waals surface area contributed by atoms with Gasteiger partial charge in [-0.2, -0.15) is 0 Å². The molecule has 1 amide bonds. The number of carbonyl (C=O) groups excluding carboxylic acids is 1. The number of aromatic nitrogens is 4. The third kappa shape index (κ3) is 3.71. The number of carbonyl (C=O) groups is 1. The van der Waals surface area contributed by atoms with Gasteiger partial charge in [-0.05, 0) is 31.4 Å². The molecule has 0 atom stereocenters. The van der Waals surface area contributed by atoms with Crippen LogP contribution in [0.3, 0.4) is 0 Å². The summed E-state index contributed by atoms with van der Waals surface area (Å²) in [6.07, 6.45) is 9.03. The van der Waals surface area contributed by atoms with E-state index < -0.39 is 0 Å². The molecule has 4 heterocycles. The van der Waals surface area contributed by atoms with Gasteiger partial charge < -0.3 is 10.2 Å². The largest absolute Gasteiger partial charge is 0.357 e. The number of benzene rings is 1. The van der Waals surface area contributed by atoms with Crippen molar-refractivity contribution < 1.29 is 4.79 Å². The minimum absolute atomic E-state index is 0.235. The highest BCUT2D eigenvalue weighted by Gasteiger charge is 2.15. The Hall–Kier alpha value is -3.26. The van der Waals surface area contributed by atoms with Crippen molar-refractivity contribution in [2.75, 3.05) is 23.3 Å². The first-order valence-electron chi connectivity index (χ1n) is 9.67. The second-order valence-electron chi connectivity index (χ2n) is 7.06. The molecule has 0 bridgehead atoms. The summed E-state index contributed by atoms with van der Waals surface area (Å²) in [6.45, 7) is 1.95. The van der Waals surface area contributed by atoms with Gasteiger partial charge in [-0.3, -0.25) is 9.20 Å². The van der Waals surface area contributed by atoms with Crippen molar-refractivity contribution in [2.24, 2.45) is 0 Å². The van der Waals surface area contributed by atoms with Crippen molar-refractivity contribution in [2.45, 2.75) is 19.3 Å². The number of rotatable bonds is 4. The second kappa shape index (κ2) is 7.63. The van der Waals surface area contributed by atoms with Crippen LogP contribution in [0.1, 0.15) is 29.8 Å². The summed E-state index contributed by atoms with van der Waals surface area (Å²) in [6, 6.07) is 9.45. The molecule has 1 aliphatic rings. The fourth-order valence-electron chi connectivity index (χ4n) is 3.55. The first kappa shape index (κ1) is 17.8. The lowest BCUT2D eigenvalue weighted by atomic mass is 10.1. The Morgan fingerprint density at radius 3 is 2.69 bits per heavy atom. The number of piperidine rings is 1. The van der Waals surface area contributed by atoms with E-state index >= 15 is 0 Å². The smallest absolute Gasteiger partial charge is 0.274 e. The van der Waals surface area contributed by atoms with E-state index in [2.05, 4.69) is 25.2 Å². The summed E-state index contributed by atoms with van der Waals surface area (Å²) in [5, 5.41) is 4.93. The van der Waals surface area contributed by atoms with Crippen LogP contribution in [0.15, 0.2) is 54.4 Å². The number of anilines is 2. The van der Waals surface area contributed by atoms with E-state index in [9.17, 15) is 4.79 Å². The number of nitrogens with zero attached hydrogens (tertiary/aromatic N) is 5. The molecule has 0 unspecified atom stereocenters. The fraction of sp³-hybridized carbons (Fsp3) is 0.238. The second-order valence-corrected chi connectivity index (χ2v) is 7.93. The minimum atomic E-state index is -0.235. The minimum Gasteiger partial charge on any atom is -0.357 e. The van der Waals surface area contributed by atoms with Gasteiger partial charge in [0.1, 0.15) is 17.8 Å². The van der Waals surface area contributed by atoms with Crippen LogP contribution in [0.5, 0.6) is 0 Å². The molecule has 1 fully saturated rings. The highest BCUT2D eigenvalue weighted by molar-refractivity contribution is 7.15. The summed E-state index contributed by atoms with van der Waals surface area (Å²) in [4.78, 5) is 28.9. The Kier molecular flexibility index (Phi) is 4.69. The van der Waals surface area contributed by atoms with Crippen LogP contribution in [0.2, 0.25) is 0 Å². The molecule has 7 nitrogen and oxygen atoms in total. The standard InChI is InChI=1S/C21H20N6OS/c28-20(17-12-19(23-14-22-17)26-8-2-1-3-9-26)24-16-6-4-15(5-7-16)18-13-27-10-11-29-21(27)25-18/h4-7,10-14H,1-3,8-9H2,(H,24,28). The van der Waals surface area contributed by atoms with E-state index in [1.54, 1.807) is 17.4 Å². The van der Waals surface area contributed by atoms with Gasteiger partial charge in [-0.1, -0.05) is 12.1 Å². The van der Waals surface area contributed by atoms with E-state index in [1.165, 1.54) is 12.7 Å². The number of nitrogens with one attached hydrogen (secondary N) is 1. The quantitative estimate of drug-likeness (QED) is 0.554. The number of thiazole rings is 1. The average Bonchev–Trinajstić information content (AvgIpc) is 3.37. The van der Waals surface area contributed by atoms with E-state index in [0.29, 0.717) is 5.69 Å². The van der Waals surface area contributed by atoms with Crippen molar-refractivity contribution in [1.82, 2.24) is 19.4 Å². The summed E-state index contributed by atoms with van der Waals surface area (Å²) < 4.78 is 2.00. The fourth-order valence-corrected chi connectivity index (χ4v) is 4.25. The van der Waals surface area contributed by atoms with E-state index in [0.717, 1.165) is 53.7 Å². The summed E-state index contributed by atoms with van der Waals surface area (Å²) in [7, 11) is 0. The molecule has 1 N–H and O–H groups in total. The monoisotopic (exact) mass is 404 g/mol. The maximum Gasteiger partial charge on any atom is 0.274 e. The zero-order valence-electron chi connectivity index (χ0n) is 15.8. The van der Waals surface area contributed by atoms with Crippen molar-refractivity contribution in [3.63, 3.8) is 0 Å². The van der Waals surface area contributed by atoms with Gasteiger partial charge in [-0.15, -0.1) is 11.3 Å². The van der Waals surface area contributed by atoms with E-state index in [-0.39, 0.29) is 5.91 Å². The molecule has 1 aromatic carbocycles. The summed E-state index contributed by atoms with van der Waals surface area (Å²) >= 11 is 1.60. The van der Waals surface area contributed by atoms with E-state index in [1.807, 2.05) is 46.4 Å². The van der Waals surface area contributed by atoms with Crippen LogP contribution < -0.4 is 10.2 Å². The van der Waals surface area contributed by atoms with Gasteiger partial charge >= 0.3 is 0 Å². The van der Waals surface area contributed by atoms with Crippen LogP contribution in [0.25, 0.3) is 16.2 Å². The molecule has 0 spiro atoms. The van der Waals surface area contributed by atoms with Gasteiger partial charge in [0.2, 0.25) is 0 Å². The predicted octanol–water partition coefficient (Wildman–Crippen LogP) is 4.10.